The van der Waals surface area contributed by atoms with Gasteiger partial charge in [0.05, 0.1) is 3.79 Å². The molecule has 1 atom stereocenters. The summed E-state index contributed by atoms with van der Waals surface area (Å²) >= 11 is 5.46. The summed E-state index contributed by atoms with van der Waals surface area (Å²) in [5.41, 5.74) is 0.371. The molecule has 0 bridgehead atoms. The molecule has 17 heavy (non-hydrogen) atoms. The molecule has 2 rings (SSSR count). The van der Waals surface area contributed by atoms with Gasteiger partial charge in [-0.2, -0.15) is 0 Å². The van der Waals surface area contributed by atoms with Gasteiger partial charge in [0.2, 0.25) is 0 Å². The van der Waals surface area contributed by atoms with Crippen molar-refractivity contribution in [1.29, 1.82) is 0 Å². The molecule has 0 aromatic carbocycles. The molecule has 1 aliphatic rings. The standard InChI is InChI=1S/C14H22BrNS/c1-2-8-14(9-4-3-5-10-16-14)11-12-6-7-13(15)17-12/h6-7,16H,2-5,8-11H2,1H3. The summed E-state index contributed by atoms with van der Waals surface area (Å²) in [6.07, 6.45) is 9.27. The van der Waals surface area contributed by atoms with E-state index in [1.165, 1.54) is 60.2 Å². The van der Waals surface area contributed by atoms with E-state index in [9.17, 15) is 0 Å². The molecule has 0 radical (unpaired) electrons. The molecule has 1 unspecified atom stereocenters. The first-order valence-electron chi connectivity index (χ1n) is 6.73. The van der Waals surface area contributed by atoms with E-state index in [1.807, 2.05) is 11.3 Å². The lowest BCUT2D eigenvalue weighted by atomic mass is 9.85. The highest BCUT2D eigenvalue weighted by Crippen LogP contribution is 2.32. The third-order valence-electron chi connectivity index (χ3n) is 3.70. The molecular weight excluding hydrogens is 294 g/mol. The van der Waals surface area contributed by atoms with Crippen molar-refractivity contribution in [2.24, 2.45) is 0 Å². The van der Waals surface area contributed by atoms with Crippen LogP contribution in [0.4, 0.5) is 0 Å². The Balaban J connectivity index is 2.09. The van der Waals surface area contributed by atoms with E-state index in [1.54, 1.807) is 0 Å². The predicted octanol–water partition coefficient (Wildman–Crippen LogP) is 4.76. The van der Waals surface area contributed by atoms with Gasteiger partial charge in [-0.25, -0.2) is 0 Å². The smallest absolute Gasteiger partial charge is 0.0701 e. The number of rotatable bonds is 4. The Kier molecular flexibility index (Phi) is 5.07. The van der Waals surface area contributed by atoms with Crippen molar-refractivity contribution in [3.63, 3.8) is 0 Å². The van der Waals surface area contributed by atoms with E-state index in [-0.39, 0.29) is 0 Å². The molecule has 0 spiro atoms. The van der Waals surface area contributed by atoms with Gasteiger partial charge in [0.25, 0.3) is 0 Å². The van der Waals surface area contributed by atoms with Gasteiger partial charge >= 0.3 is 0 Å². The Bertz CT molecular complexity index is 340. The van der Waals surface area contributed by atoms with E-state index < -0.39 is 0 Å². The van der Waals surface area contributed by atoms with Crippen LogP contribution in [0.25, 0.3) is 0 Å². The molecule has 1 N–H and O–H groups in total. The van der Waals surface area contributed by atoms with E-state index in [0.717, 1.165) is 0 Å². The number of nitrogens with one attached hydrogen (secondary N) is 1. The van der Waals surface area contributed by atoms with Crippen molar-refractivity contribution in [2.45, 2.75) is 57.4 Å². The van der Waals surface area contributed by atoms with E-state index in [4.69, 9.17) is 0 Å². The van der Waals surface area contributed by atoms with Crippen molar-refractivity contribution in [3.05, 3.63) is 20.8 Å². The molecule has 1 aliphatic heterocycles. The quantitative estimate of drug-likeness (QED) is 0.845. The SMILES string of the molecule is CCCC1(Cc2ccc(Br)s2)CCCCCN1. The summed E-state index contributed by atoms with van der Waals surface area (Å²) in [6, 6.07) is 4.45. The fourth-order valence-corrected chi connectivity index (χ4v) is 4.55. The third kappa shape index (κ3) is 3.80. The van der Waals surface area contributed by atoms with E-state index in [2.05, 4.69) is 40.3 Å². The molecule has 3 heteroatoms. The van der Waals surface area contributed by atoms with Crippen LogP contribution in [0, 0.1) is 0 Å². The first kappa shape index (κ1) is 13.6. The van der Waals surface area contributed by atoms with Gasteiger partial charge in [0.1, 0.15) is 0 Å². The molecule has 0 saturated carbocycles. The van der Waals surface area contributed by atoms with Crippen LogP contribution in [0.15, 0.2) is 15.9 Å². The minimum Gasteiger partial charge on any atom is -0.311 e. The number of hydrogen-bond acceptors (Lipinski definition) is 2. The molecular formula is C14H22BrNS. The summed E-state index contributed by atoms with van der Waals surface area (Å²) < 4.78 is 1.26. The largest absolute Gasteiger partial charge is 0.311 e. The average Bonchev–Trinajstić information content (AvgIpc) is 2.57. The fourth-order valence-electron chi connectivity index (χ4n) is 2.92. The predicted molar refractivity (Wildman–Crippen MR) is 79.8 cm³/mol. The summed E-state index contributed by atoms with van der Waals surface area (Å²) in [5.74, 6) is 0. The summed E-state index contributed by atoms with van der Waals surface area (Å²) in [4.78, 5) is 1.51. The molecule has 1 saturated heterocycles. The Hall–Kier alpha value is 0.140. The maximum absolute atomic E-state index is 3.85. The van der Waals surface area contributed by atoms with Crippen LogP contribution in [0.2, 0.25) is 0 Å². The van der Waals surface area contributed by atoms with Gasteiger partial charge in [0.15, 0.2) is 0 Å². The number of halogens is 1. The van der Waals surface area contributed by atoms with Gasteiger partial charge in [-0.05, 0) is 60.3 Å². The van der Waals surface area contributed by atoms with Gasteiger partial charge in [-0.15, -0.1) is 11.3 Å². The summed E-state index contributed by atoms with van der Waals surface area (Å²) in [5, 5.41) is 3.85. The first-order chi connectivity index (χ1) is 8.24. The van der Waals surface area contributed by atoms with Gasteiger partial charge in [0, 0.05) is 10.4 Å². The zero-order valence-corrected chi connectivity index (χ0v) is 13.0. The Morgan fingerprint density at radius 1 is 1.35 bits per heavy atom. The van der Waals surface area contributed by atoms with E-state index >= 15 is 0 Å². The molecule has 0 amide bonds. The topological polar surface area (TPSA) is 12.0 Å². The first-order valence-corrected chi connectivity index (χ1v) is 8.34. The second-order valence-electron chi connectivity index (χ2n) is 5.15. The highest BCUT2D eigenvalue weighted by molar-refractivity contribution is 9.11. The van der Waals surface area contributed by atoms with Crippen LogP contribution >= 0.6 is 27.3 Å². The van der Waals surface area contributed by atoms with Gasteiger partial charge < -0.3 is 5.32 Å². The van der Waals surface area contributed by atoms with Gasteiger partial charge in [-0.1, -0.05) is 26.2 Å². The van der Waals surface area contributed by atoms with Crippen LogP contribution < -0.4 is 5.32 Å². The lowest BCUT2D eigenvalue weighted by Crippen LogP contribution is -2.46. The van der Waals surface area contributed by atoms with Crippen molar-refractivity contribution in [1.82, 2.24) is 5.32 Å². The Morgan fingerprint density at radius 2 is 2.24 bits per heavy atom. The normalized spacial score (nSPS) is 25.8. The summed E-state index contributed by atoms with van der Waals surface area (Å²) in [6.45, 7) is 3.51. The molecule has 0 aliphatic carbocycles. The number of hydrogen-bond donors (Lipinski definition) is 1. The third-order valence-corrected chi connectivity index (χ3v) is 5.33. The maximum Gasteiger partial charge on any atom is 0.0701 e. The molecule has 1 nitrogen and oxygen atoms in total. The van der Waals surface area contributed by atoms with Crippen LogP contribution in [-0.2, 0) is 6.42 Å². The van der Waals surface area contributed by atoms with Crippen molar-refractivity contribution >= 4 is 27.3 Å². The lowest BCUT2D eigenvalue weighted by molar-refractivity contribution is 0.290. The van der Waals surface area contributed by atoms with Crippen LogP contribution in [0.3, 0.4) is 0 Å². The van der Waals surface area contributed by atoms with Crippen molar-refractivity contribution in [2.75, 3.05) is 6.54 Å². The van der Waals surface area contributed by atoms with Gasteiger partial charge in [-0.3, -0.25) is 0 Å². The molecule has 1 fully saturated rings. The molecule has 1 aromatic rings. The maximum atomic E-state index is 3.85. The summed E-state index contributed by atoms with van der Waals surface area (Å²) in [7, 11) is 0. The highest BCUT2D eigenvalue weighted by atomic mass is 79.9. The second kappa shape index (κ2) is 6.35. The molecule has 96 valence electrons. The highest BCUT2D eigenvalue weighted by Gasteiger charge is 2.30. The Labute approximate surface area is 117 Å². The monoisotopic (exact) mass is 315 g/mol. The minimum absolute atomic E-state index is 0.371. The van der Waals surface area contributed by atoms with Crippen LogP contribution in [-0.4, -0.2) is 12.1 Å². The van der Waals surface area contributed by atoms with Crippen molar-refractivity contribution < 1.29 is 0 Å². The zero-order valence-electron chi connectivity index (χ0n) is 10.6. The second-order valence-corrected chi connectivity index (χ2v) is 7.70. The zero-order chi connectivity index (χ0) is 12.1. The number of thiophene rings is 1. The average molecular weight is 316 g/mol. The van der Waals surface area contributed by atoms with Crippen LogP contribution in [0.1, 0.15) is 50.3 Å². The minimum atomic E-state index is 0.371. The molecule has 1 aromatic heterocycles. The molecule has 2 heterocycles. The van der Waals surface area contributed by atoms with Crippen LogP contribution in [0.5, 0.6) is 0 Å². The Morgan fingerprint density at radius 3 is 2.94 bits per heavy atom. The fraction of sp³-hybridized carbons (Fsp3) is 0.714. The van der Waals surface area contributed by atoms with E-state index in [0.29, 0.717) is 5.54 Å². The van der Waals surface area contributed by atoms with Crippen molar-refractivity contribution in [3.8, 4) is 0 Å². The lowest BCUT2D eigenvalue weighted by Gasteiger charge is -2.33.